The lowest BCUT2D eigenvalue weighted by Gasteiger charge is -2.14. The van der Waals surface area contributed by atoms with Crippen molar-refractivity contribution in [1.29, 1.82) is 0 Å². The number of thiazole rings is 1. The molecule has 2 aromatic carbocycles. The van der Waals surface area contributed by atoms with Gasteiger partial charge in [0, 0.05) is 23.2 Å². The summed E-state index contributed by atoms with van der Waals surface area (Å²) < 4.78 is 20.5. The van der Waals surface area contributed by atoms with Crippen LogP contribution in [0.3, 0.4) is 0 Å². The minimum Gasteiger partial charge on any atom is -0.410 e. The zero-order chi connectivity index (χ0) is 22.0. The Balaban J connectivity index is 1.68. The largest absolute Gasteiger partial charge is 0.413 e. The van der Waals surface area contributed by atoms with E-state index in [-0.39, 0.29) is 16.8 Å². The van der Waals surface area contributed by atoms with Gasteiger partial charge in [0.2, 0.25) is 0 Å². The normalized spacial score (nSPS) is 11.9. The van der Waals surface area contributed by atoms with Gasteiger partial charge in [-0.3, -0.25) is 0 Å². The van der Waals surface area contributed by atoms with Crippen molar-refractivity contribution in [3.05, 3.63) is 69.6 Å². The maximum absolute atomic E-state index is 13.5. The Bertz CT molecular complexity index is 1230. The van der Waals surface area contributed by atoms with Gasteiger partial charge in [-0.25, -0.2) is 14.2 Å². The van der Waals surface area contributed by atoms with Crippen LogP contribution < -0.4 is 10.1 Å². The average Bonchev–Trinajstić information content (AvgIpc) is 3.39. The lowest BCUT2D eigenvalue weighted by molar-refractivity contribution is 0.197. The van der Waals surface area contributed by atoms with E-state index in [1.165, 1.54) is 28.2 Å². The lowest BCUT2D eigenvalue weighted by atomic mass is 10.0. The topological polar surface area (TPSA) is 94.8 Å². The number of tetrazole rings is 1. The molecule has 4 aromatic rings. The van der Waals surface area contributed by atoms with Gasteiger partial charge < -0.3 is 10.1 Å². The third-order valence-electron chi connectivity index (χ3n) is 4.37. The van der Waals surface area contributed by atoms with Crippen LogP contribution in [0.2, 0.25) is 5.02 Å². The lowest BCUT2D eigenvalue weighted by Crippen LogP contribution is -2.29. The number of halogens is 2. The summed E-state index contributed by atoms with van der Waals surface area (Å²) in [7, 11) is 0. The number of hydrogen-bond donors (Lipinski definition) is 1. The third-order valence-corrected chi connectivity index (χ3v) is 5.64. The Labute approximate surface area is 185 Å². The van der Waals surface area contributed by atoms with Gasteiger partial charge in [0.05, 0.1) is 16.8 Å². The smallest absolute Gasteiger partial charge is 0.410 e. The summed E-state index contributed by atoms with van der Waals surface area (Å²) in [6, 6.07) is 8.79. The zero-order valence-corrected chi connectivity index (χ0v) is 18.0. The minimum atomic E-state index is -0.649. The molecule has 2 heterocycles. The number of nitrogens with one attached hydrogen (secondary N) is 1. The number of benzene rings is 2. The van der Waals surface area contributed by atoms with E-state index in [0.29, 0.717) is 22.6 Å². The predicted octanol–water partition coefficient (Wildman–Crippen LogP) is 4.74. The molecule has 0 aliphatic carbocycles. The molecule has 11 heteroatoms. The number of ether oxygens (including phenoxy) is 1. The summed E-state index contributed by atoms with van der Waals surface area (Å²) in [5, 5.41) is 17.0. The van der Waals surface area contributed by atoms with Crippen molar-refractivity contribution in [1.82, 2.24) is 30.5 Å². The number of aryl methyl sites for hydroxylation is 1. The van der Waals surface area contributed by atoms with E-state index < -0.39 is 11.9 Å². The molecule has 1 atom stereocenters. The molecular formula is C20H16ClFN6O2S. The van der Waals surface area contributed by atoms with E-state index >= 15 is 0 Å². The summed E-state index contributed by atoms with van der Waals surface area (Å²) in [6.45, 7) is 3.55. The van der Waals surface area contributed by atoms with Crippen molar-refractivity contribution in [2.75, 3.05) is 0 Å². The summed E-state index contributed by atoms with van der Waals surface area (Å²) in [5.41, 5.74) is 1.72. The van der Waals surface area contributed by atoms with Crippen molar-refractivity contribution >= 4 is 29.0 Å². The van der Waals surface area contributed by atoms with Gasteiger partial charge in [-0.2, -0.15) is 4.68 Å². The molecule has 1 N–H and O–H groups in total. The number of aromatic nitrogens is 5. The van der Waals surface area contributed by atoms with E-state index in [9.17, 15) is 9.18 Å². The molecule has 1 unspecified atom stereocenters. The molecule has 0 spiro atoms. The van der Waals surface area contributed by atoms with E-state index in [1.54, 1.807) is 37.4 Å². The summed E-state index contributed by atoms with van der Waals surface area (Å²) in [5.74, 6) is 0.329. The van der Waals surface area contributed by atoms with Crippen LogP contribution >= 0.6 is 22.9 Å². The van der Waals surface area contributed by atoms with Crippen LogP contribution in [0, 0.1) is 12.7 Å². The highest BCUT2D eigenvalue weighted by atomic mass is 35.5. The number of amides is 1. The first kappa shape index (κ1) is 20.9. The number of hydrogen-bond acceptors (Lipinski definition) is 7. The van der Waals surface area contributed by atoms with Gasteiger partial charge in [0.25, 0.3) is 0 Å². The molecule has 31 heavy (non-hydrogen) atoms. The first-order valence-corrected chi connectivity index (χ1v) is 10.4. The van der Waals surface area contributed by atoms with Gasteiger partial charge in [-0.05, 0) is 60.2 Å². The number of nitrogens with zero attached hydrogens (tertiary/aromatic N) is 5. The predicted molar refractivity (Wildman–Crippen MR) is 114 cm³/mol. The molecular weight excluding hydrogens is 443 g/mol. The second kappa shape index (κ2) is 8.78. The highest BCUT2D eigenvalue weighted by molar-refractivity contribution is 7.09. The summed E-state index contributed by atoms with van der Waals surface area (Å²) >= 11 is 7.68. The van der Waals surface area contributed by atoms with E-state index in [2.05, 4.69) is 25.8 Å². The Morgan fingerprint density at radius 2 is 2.13 bits per heavy atom. The van der Waals surface area contributed by atoms with Crippen LogP contribution in [0.4, 0.5) is 9.18 Å². The van der Waals surface area contributed by atoms with Crippen LogP contribution in [-0.2, 0) is 0 Å². The van der Waals surface area contributed by atoms with Gasteiger partial charge in [0.15, 0.2) is 5.82 Å². The van der Waals surface area contributed by atoms with Crippen molar-refractivity contribution < 1.29 is 13.9 Å². The van der Waals surface area contributed by atoms with Gasteiger partial charge in [-0.1, -0.05) is 11.6 Å². The molecule has 1 amide bonds. The van der Waals surface area contributed by atoms with Crippen molar-refractivity contribution in [3.63, 3.8) is 0 Å². The monoisotopic (exact) mass is 458 g/mol. The van der Waals surface area contributed by atoms with Crippen LogP contribution in [-0.4, -0.2) is 31.3 Å². The second-order valence-corrected chi connectivity index (χ2v) is 7.94. The number of carbonyl (C=O) groups excluding carboxylic acids is 1. The maximum Gasteiger partial charge on any atom is 0.413 e. The molecule has 0 saturated heterocycles. The van der Waals surface area contributed by atoms with Crippen molar-refractivity contribution in [2.24, 2.45) is 0 Å². The Kier molecular flexibility index (Phi) is 5.92. The SMILES string of the molecule is Cc1nnnn1-c1cc(OC(=O)NC(C)c2nccs2)cc(-c2ccc(F)cc2Cl)c1. The van der Waals surface area contributed by atoms with E-state index in [4.69, 9.17) is 16.3 Å². The highest BCUT2D eigenvalue weighted by Crippen LogP contribution is 2.33. The average molecular weight is 459 g/mol. The molecule has 0 aliphatic rings. The third kappa shape index (κ3) is 4.70. The fourth-order valence-electron chi connectivity index (χ4n) is 2.94. The first-order chi connectivity index (χ1) is 14.9. The van der Waals surface area contributed by atoms with Gasteiger partial charge >= 0.3 is 6.09 Å². The van der Waals surface area contributed by atoms with Crippen LogP contribution in [0.1, 0.15) is 23.8 Å². The van der Waals surface area contributed by atoms with E-state index in [0.717, 1.165) is 5.01 Å². The standard InChI is InChI=1S/C20H16ClFN6O2S/c1-11(19-23-5-6-31-19)24-20(29)30-16-8-13(17-4-3-14(22)9-18(17)21)7-15(10-16)28-12(2)25-26-27-28/h3-11H,1-2H3,(H,24,29). The first-order valence-electron chi connectivity index (χ1n) is 9.14. The molecule has 158 valence electrons. The van der Waals surface area contributed by atoms with E-state index in [1.807, 2.05) is 12.3 Å². The second-order valence-electron chi connectivity index (χ2n) is 6.60. The molecule has 0 aliphatic heterocycles. The van der Waals surface area contributed by atoms with Gasteiger partial charge in [-0.15, -0.1) is 16.4 Å². The molecule has 0 saturated carbocycles. The van der Waals surface area contributed by atoms with Gasteiger partial charge in [0.1, 0.15) is 16.6 Å². The fourth-order valence-corrected chi connectivity index (χ4v) is 3.86. The van der Waals surface area contributed by atoms with Crippen LogP contribution in [0.15, 0.2) is 48.0 Å². The molecule has 0 bridgehead atoms. The number of rotatable bonds is 5. The highest BCUT2D eigenvalue weighted by Gasteiger charge is 2.16. The fraction of sp³-hybridized carbons (Fsp3) is 0.150. The summed E-state index contributed by atoms with van der Waals surface area (Å²) in [4.78, 5) is 16.6. The maximum atomic E-state index is 13.5. The molecule has 0 fully saturated rings. The zero-order valence-electron chi connectivity index (χ0n) is 16.4. The minimum absolute atomic E-state index is 0.221. The summed E-state index contributed by atoms with van der Waals surface area (Å²) in [6.07, 6.45) is 1.02. The Morgan fingerprint density at radius 1 is 1.29 bits per heavy atom. The Morgan fingerprint density at radius 3 is 2.81 bits per heavy atom. The van der Waals surface area contributed by atoms with Crippen molar-refractivity contribution in [2.45, 2.75) is 19.9 Å². The number of carbonyl (C=O) groups is 1. The molecule has 4 rings (SSSR count). The molecule has 8 nitrogen and oxygen atoms in total. The molecule has 2 aromatic heterocycles. The van der Waals surface area contributed by atoms with Crippen molar-refractivity contribution in [3.8, 4) is 22.6 Å². The Hall–Kier alpha value is -3.37. The quantitative estimate of drug-likeness (QED) is 0.464. The molecule has 0 radical (unpaired) electrons. The van der Waals surface area contributed by atoms with Crippen LogP contribution in [0.5, 0.6) is 5.75 Å². The van der Waals surface area contributed by atoms with Crippen LogP contribution in [0.25, 0.3) is 16.8 Å².